The zero-order valence-electron chi connectivity index (χ0n) is 10.5. The van der Waals surface area contributed by atoms with Crippen molar-refractivity contribution in [2.45, 2.75) is 39.5 Å². The quantitative estimate of drug-likeness (QED) is 0.513. The molecule has 0 aromatic heterocycles. The highest BCUT2D eigenvalue weighted by molar-refractivity contribution is 5.81. The maximum Gasteiger partial charge on any atom is 0.305 e. The Morgan fingerprint density at radius 3 is 2.65 bits per heavy atom. The van der Waals surface area contributed by atoms with Gasteiger partial charge in [-0.3, -0.25) is 9.59 Å². The minimum atomic E-state index is -0.581. The van der Waals surface area contributed by atoms with Gasteiger partial charge in [0.05, 0.1) is 12.7 Å². The van der Waals surface area contributed by atoms with Crippen molar-refractivity contribution in [1.82, 2.24) is 5.32 Å². The van der Waals surface area contributed by atoms with E-state index in [0.717, 1.165) is 6.42 Å². The van der Waals surface area contributed by atoms with Crippen LogP contribution in [0.1, 0.15) is 39.5 Å². The molecule has 0 heterocycles. The van der Waals surface area contributed by atoms with Crippen LogP contribution in [0.25, 0.3) is 0 Å². The second kappa shape index (κ2) is 9.64. The first-order chi connectivity index (χ1) is 8.15. The lowest BCUT2D eigenvalue weighted by atomic mass is 10.1. The number of rotatable bonds is 8. The van der Waals surface area contributed by atoms with Crippen molar-refractivity contribution in [2.75, 3.05) is 13.2 Å². The van der Waals surface area contributed by atoms with Crippen LogP contribution in [0.15, 0.2) is 0 Å². The minimum Gasteiger partial charge on any atom is -0.466 e. The van der Waals surface area contributed by atoms with E-state index in [-0.39, 0.29) is 11.9 Å². The van der Waals surface area contributed by atoms with Crippen LogP contribution >= 0.6 is 0 Å². The normalized spacial score (nSPS) is 11.4. The Balaban J connectivity index is 3.70. The molecule has 0 spiro atoms. The SMILES string of the molecule is CCCC(C#N)C(=O)NCCCC(=O)OCC. The van der Waals surface area contributed by atoms with Gasteiger partial charge in [-0.05, 0) is 19.8 Å². The van der Waals surface area contributed by atoms with Gasteiger partial charge in [-0.25, -0.2) is 0 Å². The summed E-state index contributed by atoms with van der Waals surface area (Å²) in [5, 5.41) is 11.4. The number of carbonyl (C=O) groups excluding carboxylic acids is 2. The van der Waals surface area contributed by atoms with Crippen LogP contribution in [0.4, 0.5) is 0 Å². The molecule has 1 N–H and O–H groups in total. The third kappa shape index (κ3) is 7.34. The highest BCUT2D eigenvalue weighted by atomic mass is 16.5. The van der Waals surface area contributed by atoms with E-state index < -0.39 is 5.92 Å². The molecule has 0 saturated carbocycles. The monoisotopic (exact) mass is 240 g/mol. The summed E-state index contributed by atoms with van der Waals surface area (Å²) in [6.45, 7) is 4.46. The zero-order chi connectivity index (χ0) is 13.1. The lowest BCUT2D eigenvalue weighted by molar-refractivity contribution is -0.143. The van der Waals surface area contributed by atoms with Crippen LogP contribution in [-0.2, 0) is 14.3 Å². The first-order valence-corrected chi connectivity index (χ1v) is 5.98. The van der Waals surface area contributed by atoms with E-state index in [9.17, 15) is 9.59 Å². The molecule has 0 fully saturated rings. The van der Waals surface area contributed by atoms with Crippen molar-refractivity contribution in [2.24, 2.45) is 5.92 Å². The molecule has 0 bridgehead atoms. The fourth-order valence-corrected chi connectivity index (χ4v) is 1.34. The Hall–Kier alpha value is -1.57. The van der Waals surface area contributed by atoms with Crippen molar-refractivity contribution in [3.8, 4) is 6.07 Å². The van der Waals surface area contributed by atoms with Crippen LogP contribution in [0.3, 0.4) is 0 Å². The predicted octanol–water partition coefficient (Wildman–Crippen LogP) is 1.39. The third-order valence-corrected chi connectivity index (χ3v) is 2.21. The summed E-state index contributed by atoms with van der Waals surface area (Å²) in [6, 6.07) is 1.97. The molecule has 1 amide bonds. The maximum atomic E-state index is 11.5. The van der Waals surface area contributed by atoms with Crippen molar-refractivity contribution in [1.29, 1.82) is 5.26 Å². The van der Waals surface area contributed by atoms with E-state index in [1.807, 2.05) is 13.0 Å². The maximum absolute atomic E-state index is 11.5. The second-order valence-corrected chi connectivity index (χ2v) is 3.67. The number of esters is 1. The molecule has 0 aromatic carbocycles. The molecule has 0 radical (unpaired) electrons. The van der Waals surface area contributed by atoms with E-state index in [2.05, 4.69) is 5.32 Å². The topological polar surface area (TPSA) is 79.2 Å². The number of ether oxygens (including phenoxy) is 1. The zero-order valence-corrected chi connectivity index (χ0v) is 10.5. The number of nitrogens with one attached hydrogen (secondary N) is 1. The number of hydrogen-bond acceptors (Lipinski definition) is 4. The van der Waals surface area contributed by atoms with E-state index in [4.69, 9.17) is 10.00 Å². The van der Waals surface area contributed by atoms with Gasteiger partial charge in [0.15, 0.2) is 0 Å². The fourth-order valence-electron chi connectivity index (χ4n) is 1.34. The summed E-state index contributed by atoms with van der Waals surface area (Å²) in [6.07, 6.45) is 2.20. The summed E-state index contributed by atoms with van der Waals surface area (Å²) in [5.41, 5.74) is 0. The number of nitrogens with zero attached hydrogens (tertiary/aromatic N) is 1. The average molecular weight is 240 g/mol. The van der Waals surface area contributed by atoms with Crippen molar-refractivity contribution < 1.29 is 14.3 Å². The molecule has 1 unspecified atom stereocenters. The second-order valence-electron chi connectivity index (χ2n) is 3.67. The molecule has 0 aliphatic rings. The Kier molecular flexibility index (Phi) is 8.75. The van der Waals surface area contributed by atoms with Gasteiger partial charge in [-0.1, -0.05) is 13.3 Å². The summed E-state index contributed by atoms with van der Waals surface area (Å²) < 4.78 is 4.75. The van der Waals surface area contributed by atoms with Crippen LogP contribution in [0.5, 0.6) is 0 Å². The van der Waals surface area contributed by atoms with E-state index >= 15 is 0 Å². The van der Waals surface area contributed by atoms with Gasteiger partial charge >= 0.3 is 5.97 Å². The summed E-state index contributed by atoms with van der Waals surface area (Å²) in [4.78, 5) is 22.5. The summed E-state index contributed by atoms with van der Waals surface area (Å²) >= 11 is 0. The van der Waals surface area contributed by atoms with Crippen molar-refractivity contribution in [3.63, 3.8) is 0 Å². The minimum absolute atomic E-state index is 0.252. The largest absolute Gasteiger partial charge is 0.466 e. The van der Waals surface area contributed by atoms with E-state index in [1.165, 1.54) is 0 Å². The van der Waals surface area contributed by atoms with E-state index in [1.54, 1.807) is 6.92 Å². The number of carbonyl (C=O) groups is 2. The Labute approximate surface area is 102 Å². The average Bonchev–Trinajstić information content (AvgIpc) is 2.31. The first kappa shape index (κ1) is 15.4. The van der Waals surface area contributed by atoms with Gasteiger partial charge in [0, 0.05) is 13.0 Å². The van der Waals surface area contributed by atoms with Crippen molar-refractivity contribution >= 4 is 11.9 Å². The molecule has 96 valence electrons. The Bertz CT molecular complexity index is 284. The van der Waals surface area contributed by atoms with Gasteiger partial charge in [0.2, 0.25) is 5.91 Å². The predicted molar refractivity (Wildman–Crippen MR) is 62.9 cm³/mol. The number of amides is 1. The Morgan fingerprint density at radius 1 is 1.41 bits per heavy atom. The molecule has 0 aromatic rings. The van der Waals surface area contributed by atoms with Gasteiger partial charge in [-0.15, -0.1) is 0 Å². The molecule has 0 saturated heterocycles. The van der Waals surface area contributed by atoms with Crippen LogP contribution in [0, 0.1) is 17.2 Å². The van der Waals surface area contributed by atoms with Gasteiger partial charge in [-0.2, -0.15) is 5.26 Å². The first-order valence-electron chi connectivity index (χ1n) is 5.98. The van der Waals surface area contributed by atoms with Crippen LogP contribution < -0.4 is 5.32 Å². The van der Waals surface area contributed by atoms with Crippen LogP contribution in [0.2, 0.25) is 0 Å². The van der Waals surface area contributed by atoms with Crippen LogP contribution in [-0.4, -0.2) is 25.0 Å². The fraction of sp³-hybridized carbons (Fsp3) is 0.750. The van der Waals surface area contributed by atoms with Gasteiger partial charge in [0.1, 0.15) is 5.92 Å². The van der Waals surface area contributed by atoms with Crippen molar-refractivity contribution in [3.05, 3.63) is 0 Å². The lowest BCUT2D eigenvalue weighted by Gasteiger charge is -2.08. The summed E-state index contributed by atoms with van der Waals surface area (Å²) in [7, 11) is 0. The molecule has 1 atom stereocenters. The highest BCUT2D eigenvalue weighted by Crippen LogP contribution is 2.04. The number of hydrogen-bond donors (Lipinski definition) is 1. The highest BCUT2D eigenvalue weighted by Gasteiger charge is 2.15. The molecular formula is C12H20N2O3. The molecular weight excluding hydrogens is 220 g/mol. The Morgan fingerprint density at radius 2 is 2.12 bits per heavy atom. The van der Waals surface area contributed by atoms with Gasteiger partial charge < -0.3 is 10.1 Å². The smallest absolute Gasteiger partial charge is 0.305 e. The third-order valence-electron chi connectivity index (χ3n) is 2.21. The molecule has 0 rings (SSSR count). The van der Waals surface area contributed by atoms with Gasteiger partial charge in [0.25, 0.3) is 0 Å². The van der Waals surface area contributed by atoms with E-state index in [0.29, 0.717) is 32.4 Å². The molecule has 5 nitrogen and oxygen atoms in total. The molecule has 5 heteroatoms. The molecule has 0 aliphatic carbocycles. The molecule has 0 aliphatic heterocycles. The lowest BCUT2D eigenvalue weighted by Crippen LogP contribution is -2.31. The standard InChI is InChI=1S/C12H20N2O3/c1-3-6-10(9-13)12(16)14-8-5-7-11(15)17-4-2/h10H,3-8H2,1-2H3,(H,14,16). The number of nitriles is 1. The summed E-state index contributed by atoms with van der Waals surface area (Å²) in [5.74, 6) is -1.09. The molecule has 17 heavy (non-hydrogen) atoms.